The van der Waals surface area contributed by atoms with Gasteiger partial charge in [0, 0.05) is 35.7 Å². The van der Waals surface area contributed by atoms with Gasteiger partial charge in [0.25, 0.3) is 5.91 Å². The van der Waals surface area contributed by atoms with Crippen LogP contribution < -0.4 is 5.32 Å². The Morgan fingerprint density at radius 2 is 1.80 bits per heavy atom. The Bertz CT molecular complexity index is 1040. The Morgan fingerprint density at radius 1 is 0.880 bits per heavy atom. The fourth-order valence-electron chi connectivity index (χ4n) is 2.53. The number of rotatable bonds is 3. The maximum absolute atomic E-state index is 12.4. The first-order valence-electron chi connectivity index (χ1n) is 7.69. The summed E-state index contributed by atoms with van der Waals surface area (Å²) in [5.41, 5.74) is 3.30. The Kier molecular flexibility index (Phi) is 3.84. The first-order valence-corrected chi connectivity index (χ1v) is 7.69. The van der Waals surface area contributed by atoms with Crippen LogP contribution in [0.5, 0.6) is 0 Å². The molecule has 3 aromatic heterocycles. The van der Waals surface area contributed by atoms with Gasteiger partial charge in [-0.15, -0.1) is 0 Å². The van der Waals surface area contributed by atoms with Crippen molar-refractivity contribution >= 4 is 22.5 Å². The topological polar surface area (TPSA) is 80.7 Å². The predicted molar refractivity (Wildman–Crippen MR) is 95.0 cm³/mol. The summed E-state index contributed by atoms with van der Waals surface area (Å²) < 4.78 is 0. The van der Waals surface area contributed by atoms with Gasteiger partial charge in [-0.2, -0.15) is 0 Å². The molecule has 0 aliphatic rings. The van der Waals surface area contributed by atoms with Gasteiger partial charge in [0.15, 0.2) is 0 Å². The molecule has 6 nitrogen and oxygen atoms in total. The van der Waals surface area contributed by atoms with Crippen LogP contribution in [0, 0.1) is 0 Å². The lowest BCUT2D eigenvalue weighted by Crippen LogP contribution is -2.14. The lowest BCUT2D eigenvalue weighted by atomic mass is 10.1. The third kappa shape index (κ3) is 3.05. The van der Waals surface area contributed by atoms with Crippen LogP contribution in [0.1, 0.15) is 10.5 Å². The monoisotopic (exact) mass is 327 g/mol. The highest BCUT2D eigenvalue weighted by Crippen LogP contribution is 2.25. The fourth-order valence-corrected chi connectivity index (χ4v) is 2.53. The van der Waals surface area contributed by atoms with Crippen LogP contribution in [0.15, 0.2) is 73.4 Å². The summed E-state index contributed by atoms with van der Waals surface area (Å²) in [4.78, 5) is 29.1. The van der Waals surface area contributed by atoms with Crippen LogP contribution in [0.4, 0.5) is 5.69 Å². The number of nitrogens with one attached hydrogen (secondary N) is 1. The minimum Gasteiger partial charge on any atom is -0.319 e. The number of fused-ring (bicyclic) bond motifs is 1. The van der Waals surface area contributed by atoms with Crippen molar-refractivity contribution in [1.82, 2.24) is 19.9 Å². The number of para-hydroxylation sites is 1. The lowest BCUT2D eigenvalue weighted by molar-refractivity contribution is 0.102. The SMILES string of the molecule is O=C(Nc1cccc2ccc(-c3cccnc3)nc12)c1cnccn1. The number of amides is 1. The number of anilines is 1. The smallest absolute Gasteiger partial charge is 0.275 e. The van der Waals surface area contributed by atoms with Crippen molar-refractivity contribution in [3.8, 4) is 11.3 Å². The van der Waals surface area contributed by atoms with Gasteiger partial charge in [-0.1, -0.05) is 18.2 Å². The molecule has 1 aromatic carbocycles. The summed E-state index contributed by atoms with van der Waals surface area (Å²) in [5, 5.41) is 3.80. The Labute approximate surface area is 143 Å². The highest BCUT2D eigenvalue weighted by molar-refractivity contribution is 6.07. The van der Waals surface area contributed by atoms with Gasteiger partial charge in [0.2, 0.25) is 0 Å². The summed E-state index contributed by atoms with van der Waals surface area (Å²) in [7, 11) is 0. The van der Waals surface area contributed by atoms with E-state index in [0.717, 1.165) is 16.6 Å². The van der Waals surface area contributed by atoms with Crippen molar-refractivity contribution < 1.29 is 4.79 Å². The summed E-state index contributed by atoms with van der Waals surface area (Å²) in [6.45, 7) is 0. The van der Waals surface area contributed by atoms with E-state index < -0.39 is 0 Å². The molecule has 1 N–H and O–H groups in total. The van der Waals surface area contributed by atoms with Crippen LogP contribution >= 0.6 is 0 Å². The molecule has 0 atom stereocenters. The molecule has 3 heterocycles. The van der Waals surface area contributed by atoms with Gasteiger partial charge in [-0.3, -0.25) is 14.8 Å². The Balaban J connectivity index is 1.75. The Morgan fingerprint density at radius 3 is 2.60 bits per heavy atom. The average Bonchev–Trinajstić information content (AvgIpc) is 2.69. The molecule has 0 saturated heterocycles. The van der Waals surface area contributed by atoms with Crippen molar-refractivity contribution in [2.24, 2.45) is 0 Å². The maximum Gasteiger partial charge on any atom is 0.275 e. The standard InChI is InChI=1S/C19H13N5O/c25-19(17-12-21-9-10-22-17)24-16-5-1-3-13-6-7-15(23-18(13)16)14-4-2-8-20-11-14/h1-12H,(H,24,25). The van der Waals surface area contributed by atoms with Gasteiger partial charge in [-0.25, -0.2) is 9.97 Å². The van der Waals surface area contributed by atoms with Gasteiger partial charge in [0.05, 0.1) is 23.1 Å². The molecule has 1 amide bonds. The number of hydrogen-bond acceptors (Lipinski definition) is 5. The van der Waals surface area contributed by atoms with Crippen LogP contribution in [-0.4, -0.2) is 25.8 Å². The molecule has 0 spiro atoms. The van der Waals surface area contributed by atoms with Crippen LogP contribution in [0.3, 0.4) is 0 Å². The number of aromatic nitrogens is 4. The molecule has 25 heavy (non-hydrogen) atoms. The van der Waals surface area contributed by atoms with Gasteiger partial charge in [-0.05, 0) is 24.3 Å². The van der Waals surface area contributed by atoms with Crippen molar-refractivity contribution in [3.63, 3.8) is 0 Å². The largest absolute Gasteiger partial charge is 0.319 e. The summed E-state index contributed by atoms with van der Waals surface area (Å²) in [6, 6.07) is 13.4. The average molecular weight is 327 g/mol. The lowest BCUT2D eigenvalue weighted by Gasteiger charge is -2.09. The minimum atomic E-state index is -0.325. The quantitative estimate of drug-likeness (QED) is 0.624. The predicted octanol–water partition coefficient (Wildman–Crippen LogP) is 3.34. The van der Waals surface area contributed by atoms with Gasteiger partial charge < -0.3 is 5.32 Å². The van der Waals surface area contributed by atoms with Crippen LogP contribution in [0.25, 0.3) is 22.2 Å². The van der Waals surface area contributed by atoms with Gasteiger partial charge in [0.1, 0.15) is 5.69 Å². The minimum absolute atomic E-state index is 0.253. The van der Waals surface area contributed by atoms with Crippen molar-refractivity contribution in [2.45, 2.75) is 0 Å². The maximum atomic E-state index is 12.4. The third-order valence-corrected chi connectivity index (χ3v) is 3.72. The van der Waals surface area contributed by atoms with Crippen molar-refractivity contribution in [3.05, 3.63) is 79.1 Å². The molecule has 4 aromatic rings. The number of nitrogens with zero attached hydrogens (tertiary/aromatic N) is 4. The van der Waals surface area contributed by atoms with Crippen molar-refractivity contribution in [2.75, 3.05) is 5.32 Å². The van der Waals surface area contributed by atoms with Crippen LogP contribution in [-0.2, 0) is 0 Å². The van der Waals surface area contributed by atoms with Crippen LogP contribution in [0.2, 0.25) is 0 Å². The fraction of sp³-hybridized carbons (Fsp3) is 0. The number of pyridine rings is 2. The molecule has 0 unspecified atom stereocenters. The zero-order valence-corrected chi connectivity index (χ0v) is 13.1. The number of carbonyl (C=O) groups excluding carboxylic acids is 1. The summed E-state index contributed by atoms with van der Waals surface area (Å²) in [5.74, 6) is -0.325. The van der Waals surface area contributed by atoms with E-state index in [1.807, 2.05) is 42.5 Å². The van der Waals surface area contributed by atoms with Crippen molar-refractivity contribution in [1.29, 1.82) is 0 Å². The van der Waals surface area contributed by atoms with E-state index in [4.69, 9.17) is 4.98 Å². The molecule has 0 saturated carbocycles. The van der Waals surface area contributed by atoms with E-state index >= 15 is 0 Å². The first kappa shape index (κ1) is 14.9. The number of hydrogen-bond donors (Lipinski definition) is 1. The second-order valence-corrected chi connectivity index (χ2v) is 5.36. The third-order valence-electron chi connectivity index (χ3n) is 3.72. The van der Waals surface area contributed by atoms with E-state index in [2.05, 4.69) is 20.3 Å². The highest BCUT2D eigenvalue weighted by atomic mass is 16.1. The zero-order chi connectivity index (χ0) is 17.1. The number of benzene rings is 1. The summed E-state index contributed by atoms with van der Waals surface area (Å²) in [6.07, 6.45) is 7.91. The normalized spacial score (nSPS) is 10.6. The molecular formula is C19H13N5O. The first-order chi connectivity index (χ1) is 12.3. The highest BCUT2D eigenvalue weighted by Gasteiger charge is 2.11. The van der Waals surface area contributed by atoms with E-state index in [9.17, 15) is 4.79 Å². The zero-order valence-electron chi connectivity index (χ0n) is 13.1. The van der Waals surface area contributed by atoms with Gasteiger partial charge >= 0.3 is 0 Å². The molecular weight excluding hydrogens is 314 g/mol. The number of carbonyl (C=O) groups is 1. The Hall–Kier alpha value is -3.67. The molecule has 0 fully saturated rings. The molecule has 4 rings (SSSR count). The summed E-state index contributed by atoms with van der Waals surface area (Å²) >= 11 is 0. The second kappa shape index (κ2) is 6.45. The molecule has 0 aliphatic carbocycles. The molecule has 0 bridgehead atoms. The molecule has 0 radical (unpaired) electrons. The van der Waals surface area contributed by atoms with E-state index in [1.54, 1.807) is 12.4 Å². The molecule has 0 aliphatic heterocycles. The second-order valence-electron chi connectivity index (χ2n) is 5.36. The van der Waals surface area contributed by atoms with E-state index in [1.165, 1.54) is 18.6 Å². The van der Waals surface area contributed by atoms with E-state index in [-0.39, 0.29) is 11.6 Å². The molecule has 6 heteroatoms. The van der Waals surface area contributed by atoms with E-state index in [0.29, 0.717) is 11.2 Å². The molecule has 120 valence electrons.